The van der Waals surface area contributed by atoms with Crippen molar-refractivity contribution in [1.29, 1.82) is 0 Å². The lowest BCUT2D eigenvalue weighted by Gasteiger charge is -2.18. The van der Waals surface area contributed by atoms with E-state index in [1.54, 1.807) is 12.4 Å². The van der Waals surface area contributed by atoms with E-state index in [9.17, 15) is 9.90 Å². The summed E-state index contributed by atoms with van der Waals surface area (Å²) in [4.78, 5) is 30.2. The number of aromatic nitrogens is 3. The zero-order valence-corrected chi connectivity index (χ0v) is 16.8. The third-order valence-electron chi connectivity index (χ3n) is 4.83. The molecule has 1 saturated carbocycles. The molecule has 1 fully saturated rings. The van der Waals surface area contributed by atoms with Crippen LogP contribution in [0, 0.1) is 0 Å². The van der Waals surface area contributed by atoms with Crippen molar-refractivity contribution in [2.24, 2.45) is 4.99 Å². The van der Waals surface area contributed by atoms with Crippen molar-refractivity contribution < 1.29 is 9.90 Å². The monoisotopic (exact) mass is 396 g/mol. The largest absolute Gasteiger partial charge is 0.393 e. The van der Waals surface area contributed by atoms with Crippen molar-refractivity contribution in [3.63, 3.8) is 0 Å². The lowest BCUT2D eigenvalue weighted by Crippen LogP contribution is -2.24. The predicted octanol–water partition coefficient (Wildman–Crippen LogP) is 3.02. The second kappa shape index (κ2) is 10.6. The first-order valence-corrected chi connectivity index (χ1v) is 10.2. The summed E-state index contributed by atoms with van der Waals surface area (Å²) in [7, 11) is 0. The van der Waals surface area contributed by atoms with Gasteiger partial charge in [-0.05, 0) is 49.8 Å². The van der Waals surface area contributed by atoms with Crippen LogP contribution in [-0.2, 0) is 6.54 Å². The normalized spacial score (nSPS) is 16.3. The standard InChI is InChI=1S/C21H28N6O2/c1-2-3-10-23-21-25-14-18(20(29)24-13-15-8-11-22-12-9-15)19(27-21)26-16-4-6-17(28)7-5-16/h8-9,11-12,14,17,28H,2-7,10,13H2,1H3,(H,24,29)(H,23,25,27). The van der Waals surface area contributed by atoms with Crippen molar-refractivity contribution >= 4 is 23.4 Å². The summed E-state index contributed by atoms with van der Waals surface area (Å²) in [6.45, 7) is 3.28. The third-order valence-corrected chi connectivity index (χ3v) is 4.83. The second-order valence-corrected chi connectivity index (χ2v) is 7.16. The number of nitrogens with one attached hydrogen (secondary N) is 2. The summed E-state index contributed by atoms with van der Waals surface area (Å²) >= 11 is 0. The number of hydrogen-bond donors (Lipinski definition) is 3. The maximum atomic E-state index is 12.8. The number of anilines is 1. The van der Waals surface area contributed by atoms with Gasteiger partial charge in [-0.25, -0.2) is 9.98 Å². The Morgan fingerprint density at radius 3 is 2.76 bits per heavy atom. The molecule has 0 atom stereocenters. The molecule has 8 nitrogen and oxygen atoms in total. The predicted molar refractivity (Wildman–Crippen MR) is 112 cm³/mol. The summed E-state index contributed by atoms with van der Waals surface area (Å²) in [6.07, 6.45) is 9.52. The van der Waals surface area contributed by atoms with E-state index < -0.39 is 0 Å². The molecule has 3 N–H and O–H groups in total. The quantitative estimate of drug-likeness (QED) is 0.591. The number of nitrogens with zero attached hydrogens (tertiary/aromatic N) is 4. The molecule has 1 aliphatic carbocycles. The molecule has 2 aromatic rings. The topological polar surface area (TPSA) is 112 Å². The molecule has 29 heavy (non-hydrogen) atoms. The van der Waals surface area contributed by atoms with Gasteiger partial charge in [-0.2, -0.15) is 4.98 Å². The fourth-order valence-corrected chi connectivity index (χ4v) is 3.06. The van der Waals surface area contributed by atoms with Crippen LogP contribution in [0.25, 0.3) is 0 Å². The summed E-state index contributed by atoms with van der Waals surface area (Å²) in [5, 5.41) is 15.8. The smallest absolute Gasteiger partial charge is 0.256 e. The fraction of sp³-hybridized carbons (Fsp3) is 0.476. The molecular weight excluding hydrogens is 368 g/mol. The first-order chi connectivity index (χ1) is 14.2. The third kappa shape index (κ3) is 6.32. The number of hydrogen-bond acceptors (Lipinski definition) is 7. The Morgan fingerprint density at radius 1 is 1.28 bits per heavy atom. The number of aliphatic imine (C=N–C) groups is 1. The van der Waals surface area contributed by atoms with E-state index in [4.69, 9.17) is 0 Å². The zero-order chi connectivity index (χ0) is 20.5. The Balaban J connectivity index is 1.78. The Bertz CT molecular complexity index is 830. The Morgan fingerprint density at radius 2 is 2.03 bits per heavy atom. The molecule has 0 spiro atoms. The molecular formula is C21H28N6O2. The number of carbonyl (C=O) groups is 1. The van der Waals surface area contributed by atoms with Gasteiger partial charge >= 0.3 is 0 Å². The molecule has 0 saturated heterocycles. The minimum absolute atomic E-state index is 0.267. The number of aliphatic hydroxyl groups excluding tert-OH is 1. The molecule has 0 radical (unpaired) electrons. The van der Waals surface area contributed by atoms with E-state index in [0.29, 0.717) is 49.6 Å². The van der Waals surface area contributed by atoms with E-state index in [1.165, 1.54) is 6.20 Å². The Labute approximate surface area is 170 Å². The maximum absolute atomic E-state index is 12.8. The highest BCUT2D eigenvalue weighted by Gasteiger charge is 2.18. The first kappa shape index (κ1) is 20.9. The van der Waals surface area contributed by atoms with Crippen LogP contribution in [0.15, 0.2) is 35.7 Å². The van der Waals surface area contributed by atoms with Crippen molar-refractivity contribution in [1.82, 2.24) is 20.3 Å². The lowest BCUT2D eigenvalue weighted by atomic mass is 9.96. The van der Waals surface area contributed by atoms with E-state index in [2.05, 4.69) is 37.5 Å². The minimum atomic E-state index is -0.270. The summed E-state index contributed by atoms with van der Waals surface area (Å²) in [6, 6.07) is 3.71. The molecule has 0 bridgehead atoms. The Kier molecular flexibility index (Phi) is 7.63. The lowest BCUT2D eigenvalue weighted by molar-refractivity contribution is 0.0951. The second-order valence-electron chi connectivity index (χ2n) is 7.16. The molecule has 8 heteroatoms. The average molecular weight is 396 g/mol. The van der Waals surface area contributed by atoms with E-state index >= 15 is 0 Å². The molecule has 0 unspecified atom stereocenters. The molecule has 154 valence electrons. The Hall–Kier alpha value is -2.87. The number of pyridine rings is 1. The van der Waals surface area contributed by atoms with E-state index in [-0.39, 0.29) is 12.0 Å². The van der Waals surface area contributed by atoms with Gasteiger partial charge in [-0.3, -0.25) is 9.78 Å². The number of amides is 1. The van der Waals surface area contributed by atoms with Crippen molar-refractivity contribution in [3.8, 4) is 0 Å². The summed E-state index contributed by atoms with van der Waals surface area (Å²) in [5.74, 6) is 0.578. The molecule has 1 aliphatic rings. The van der Waals surface area contributed by atoms with Crippen LogP contribution in [0.5, 0.6) is 0 Å². The van der Waals surface area contributed by atoms with Crippen LogP contribution >= 0.6 is 0 Å². The van der Waals surface area contributed by atoms with Gasteiger partial charge in [0, 0.05) is 37.4 Å². The summed E-state index contributed by atoms with van der Waals surface area (Å²) < 4.78 is 0. The highest BCUT2D eigenvalue weighted by molar-refractivity contribution is 5.99. The van der Waals surface area contributed by atoms with Crippen molar-refractivity contribution in [2.75, 3.05) is 11.9 Å². The van der Waals surface area contributed by atoms with Crippen LogP contribution in [0.1, 0.15) is 61.4 Å². The molecule has 3 rings (SSSR count). The van der Waals surface area contributed by atoms with Gasteiger partial charge in [0.05, 0.1) is 6.10 Å². The van der Waals surface area contributed by atoms with Crippen LogP contribution in [0.4, 0.5) is 11.8 Å². The van der Waals surface area contributed by atoms with Crippen molar-refractivity contribution in [3.05, 3.63) is 41.9 Å². The zero-order valence-electron chi connectivity index (χ0n) is 16.8. The van der Waals surface area contributed by atoms with Crippen LogP contribution < -0.4 is 10.6 Å². The van der Waals surface area contributed by atoms with Gasteiger partial charge in [-0.15, -0.1) is 0 Å². The minimum Gasteiger partial charge on any atom is -0.393 e. The maximum Gasteiger partial charge on any atom is 0.256 e. The highest BCUT2D eigenvalue weighted by atomic mass is 16.3. The first-order valence-electron chi connectivity index (χ1n) is 10.2. The number of aliphatic hydroxyl groups is 1. The molecule has 2 aromatic heterocycles. The number of rotatable bonds is 8. The molecule has 0 aromatic carbocycles. The van der Waals surface area contributed by atoms with Gasteiger partial charge in [0.2, 0.25) is 5.95 Å². The molecule has 0 aliphatic heterocycles. The van der Waals surface area contributed by atoms with E-state index in [0.717, 1.165) is 30.7 Å². The van der Waals surface area contributed by atoms with Crippen LogP contribution in [0.2, 0.25) is 0 Å². The summed E-state index contributed by atoms with van der Waals surface area (Å²) in [5.41, 5.74) is 2.26. The van der Waals surface area contributed by atoms with E-state index in [1.807, 2.05) is 12.1 Å². The average Bonchev–Trinajstić information content (AvgIpc) is 2.75. The molecule has 1 amide bonds. The van der Waals surface area contributed by atoms with Gasteiger partial charge < -0.3 is 15.7 Å². The van der Waals surface area contributed by atoms with Crippen LogP contribution in [-0.4, -0.2) is 44.3 Å². The van der Waals surface area contributed by atoms with Crippen molar-refractivity contribution in [2.45, 2.75) is 58.1 Å². The number of unbranched alkanes of at least 4 members (excludes halogenated alkanes) is 1. The molecule has 2 heterocycles. The SMILES string of the molecule is CCCCNc1ncc(C(=O)NCc2ccncc2)c(N=C2CCC(O)CC2)n1. The van der Waals surface area contributed by atoms with Crippen LogP contribution in [0.3, 0.4) is 0 Å². The fourth-order valence-electron chi connectivity index (χ4n) is 3.06. The van der Waals surface area contributed by atoms with Gasteiger partial charge in [0.25, 0.3) is 5.91 Å². The van der Waals surface area contributed by atoms with Gasteiger partial charge in [0.1, 0.15) is 5.56 Å². The van der Waals surface area contributed by atoms with Gasteiger partial charge in [0.15, 0.2) is 5.82 Å². The number of carbonyl (C=O) groups excluding carboxylic acids is 1. The van der Waals surface area contributed by atoms with Gasteiger partial charge in [-0.1, -0.05) is 13.3 Å². The highest BCUT2D eigenvalue weighted by Crippen LogP contribution is 2.23.